The van der Waals surface area contributed by atoms with Crippen molar-refractivity contribution in [2.24, 2.45) is 5.92 Å². The van der Waals surface area contributed by atoms with E-state index in [0.29, 0.717) is 43.8 Å². The van der Waals surface area contributed by atoms with Gasteiger partial charge in [0.05, 0.1) is 13.7 Å². The van der Waals surface area contributed by atoms with Crippen molar-refractivity contribution < 1.29 is 9.47 Å². The first-order valence-electron chi connectivity index (χ1n) is 11.6. The highest BCUT2D eigenvalue weighted by Gasteiger charge is 2.43. The standard InChI is InChI=1S/C23H31N5O4/c1-31-20-18(8-5-10-24-20)13-26-11-9-23(15-26)16-27-19(14-32-23)25-28(22(30)21(27)29)12-17-6-3-2-4-7-17/h5,8,10,17H,2-4,6-7,9,11-16H2,1H3. The molecule has 1 spiro atoms. The minimum Gasteiger partial charge on any atom is -0.481 e. The lowest BCUT2D eigenvalue weighted by Gasteiger charge is -2.35. The Labute approximate surface area is 187 Å². The summed E-state index contributed by atoms with van der Waals surface area (Å²) in [4.78, 5) is 32.3. The van der Waals surface area contributed by atoms with Crippen molar-refractivity contribution >= 4 is 0 Å². The maximum atomic E-state index is 13.0. The van der Waals surface area contributed by atoms with Crippen LogP contribution in [0.3, 0.4) is 0 Å². The van der Waals surface area contributed by atoms with Gasteiger partial charge in [-0.05, 0) is 31.2 Å². The van der Waals surface area contributed by atoms with Gasteiger partial charge in [-0.2, -0.15) is 5.10 Å². The van der Waals surface area contributed by atoms with Crippen molar-refractivity contribution in [3.05, 3.63) is 50.4 Å². The predicted octanol–water partition coefficient (Wildman–Crippen LogP) is 1.56. The molecule has 4 heterocycles. The van der Waals surface area contributed by atoms with Gasteiger partial charge in [-0.1, -0.05) is 25.3 Å². The van der Waals surface area contributed by atoms with Gasteiger partial charge in [0.15, 0.2) is 5.82 Å². The molecule has 1 atom stereocenters. The SMILES string of the molecule is COc1ncccc1CN1CCC2(C1)Cn1c(nn(CC3CCCCC3)c(=O)c1=O)CO2. The lowest BCUT2D eigenvalue weighted by molar-refractivity contribution is -0.0860. The Kier molecular flexibility index (Phi) is 5.86. The Balaban J connectivity index is 1.32. The molecule has 32 heavy (non-hydrogen) atoms. The molecule has 1 saturated heterocycles. The Morgan fingerprint density at radius 1 is 1.19 bits per heavy atom. The number of aromatic nitrogens is 4. The summed E-state index contributed by atoms with van der Waals surface area (Å²) in [5.41, 5.74) is -0.435. The molecule has 0 N–H and O–H groups in total. The van der Waals surface area contributed by atoms with E-state index >= 15 is 0 Å². The van der Waals surface area contributed by atoms with Crippen molar-refractivity contribution in [1.29, 1.82) is 0 Å². The number of rotatable bonds is 5. The fourth-order valence-electron chi connectivity index (χ4n) is 5.42. The Morgan fingerprint density at radius 3 is 2.84 bits per heavy atom. The molecular weight excluding hydrogens is 410 g/mol. The third kappa shape index (κ3) is 4.11. The van der Waals surface area contributed by atoms with Crippen LogP contribution in [0.25, 0.3) is 0 Å². The number of fused-ring (bicyclic) bond motifs is 1. The number of pyridine rings is 1. The van der Waals surface area contributed by atoms with Crippen LogP contribution in [0, 0.1) is 5.92 Å². The summed E-state index contributed by atoms with van der Waals surface area (Å²) in [6.45, 7) is 3.38. The summed E-state index contributed by atoms with van der Waals surface area (Å²) in [6.07, 6.45) is 8.36. The van der Waals surface area contributed by atoms with Gasteiger partial charge in [-0.15, -0.1) is 0 Å². The molecule has 0 radical (unpaired) electrons. The minimum absolute atomic E-state index is 0.254. The third-order valence-corrected chi connectivity index (χ3v) is 7.15. The fraction of sp³-hybridized carbons (Fsp3) is 0.652. The quantitative estimate of drug-likeness (QED) is 0.651. The molecule has 1 unspecified atom stereocenters. The smallest absolute Gasteiger partial charge is 0.332 e. The average Bonchev–Trinajstić information content (AvgIpc) is 3.20. The van der Waals surface area contributed by atoms with E-state index in [4.69, 9.17) is 9.47 Å². The van der Waals surface area contributed by atoms with Crippen LogP contribution < -0.4 is 15.9 Å². The molecular formula is C23H31N5O4. The van der Waals surface area contributed by atoms with Crippen LogP contribution in [0.5, 0.6) is 5.88 Å². The van der Waals surface area contributed by atoms with E-state index in [1.807, 2.05) is 12.1 Å². The van der Waals surface area contributed by atoms with E-state index < -0.39 is 16.7 Å². The Hall–Kier alpha value is -2.52. The van der Waals surface area contributed by atoms with Gasteiger partial charge in [-0.25, -0.2) is 9.67 Å². The molecule has 2 fully saturated rings. The maximum Gasteiger partial charge on any atom is 0.332 e. The molecule has 9 heteroatoms. The zero-order valence-corrected chi connectivity index (χ0v) is 18.7. The van der Waals surface area contributed by atoms with E-state index in [1.165, 1.54) is 23.9 Å². The highest BCUT2D eigenvalue weighted by molar-refractivity contribution is 5.25. The molecule has 2 aromatic rings. The van der Waals surface area contributed by atoms with Gasteiger partial charge in [0.2, 0.25) is 5.88 Å². The van der Waals surface area contributed by atoms with Crippen LogP contribution in [-0.4, -0.2) is 50.0 Å². The van der Waals surface area contributed by atoms with Crippen LogP contribution in [0.15, 0.2) is 27.9 Å². The minimum atomic E-state index is -0.508. The van der Waals surface area contributed by atoms with E-state index in [-0.39, 0.29) is 6.61 Å². The second-order valence-corrected chi connectivity index (χ2v) is 9.40. The van der Waals surface area contributed by atoms with Crippen molar-refractivity contribution in [3.63, 3.8) is 0 Å². The first-order valence-corrected chi connectivity index (χ1v) is 11.6. The number of ether oxygens (including phenoxy) is 2. The fourth-order valence-corrected chi connectivity index (χ4v) is 5.42. The summed E-state index contributed by atoms with van der Waals surface area (Å²) in [5.74, 6) is 1.62. The summed E-state index contributed by atoms with van der Waals surface area (Å²) >= 11 is 0. The van der Waals surface area contributed by atoms with Crippen LogP contribution in [0.4, 0.5) is 0 Å². The van der Waals surface area contributed by atoms with Crippen LogP contribution in [0.2, 0.25) is 0 Å². The monoisotopic (exact) mass is 441 g/mol. The molecule has 9 nitrogen and oxygen atoms in total. The van der Waals surface area contributed by atoms with Crippen molar-refractivity contribution in [3.8, 4) is 5.88 Å². The lowest BCUT2D eigenvalue weighted by Crippen LogP contribution is -2.53. The first-order chi connectivity index (χ1) is 15.6. The first kappa shape index (κ1) is 21.3. The summed E-state index contributed by atoms with van der Waals surface area (Å²) in [6, 6.07) is 3.91. The number of methoxy groups -OCH3 is 1. The van der Waals surface area contributed by atoms with E-state index in [0.717, 1.165) is 31.4 Å². The van der Waals surface area contributed by atoms with Crippen LogP contribution in [0.1, 0.15) is 49.9 Å². The maximum absolute atomic E-state index is 13.0. The molecule has 5 rings (SSSR count). The molecule has 1 aliphatic carbocycles. The number of hydrogen-bond acceptors (Lipinski definition) is 7. The topological polar surface area (TPSA) is 91.5 Å². The van der Waals surface area contributed by atoms with E-state index in [2.05, 4.69) is 15.0 Å². The molecule has 2 aliphatic heterocycles. The molecule has 3 aliphatic rings. The van der Waals surface area contributed by atoms with Crippen LogP contribution >= 0.6 is 0 Å². The van der Waals surface area contributed by atoms with Crippen molar-refractivity contribution in [1.82, 2.24) is 24.2 Å². The molecule has 2 aromatic heterocycles. The summed E-state index contributed by atoms with van der Waals surface area (Å²) in [5, 5.41) is 4.54. The van der Waals surface area contributed by atoms with Crippen molar-refractivity contribution in [2.75, 3.05) is 20.2 Å². The van der Waals surface area contributed by atoms with Crippen LogP contribution in [-0.2, 0) is 31.0 Å². The molecule has 0 amide bonds. The zero-order chi connectivity index (χ0) is 22.1. The predicted molar refractivity (Wildman–Crippen MR) is 118 cm³/mol. The largest absolute Gasteiger partial charge is 0.481 e. The molecule has 172 valence electrons. The summed E-state index contributed by atoms with van der Waals surface area (Å²) in [7, 11) is 1.62. The molecule has 0 aromatic carbocycles. The summed E-state index contributed by atoms with van der Waals surface area (Å²) < 4.78 is 14.6. The number of hydrogen-bond donors (Lipinski definition) is 0. The van der Waals surface area contributed by atoms with E-state index in [9.17, 15) is 9.59 Å². The highest BCUT2D eigenvalue weighted by Crippen LogP contribution is 2.32. The third-order valence-electron chi connectivity index (χ3n) is 7.15. The average molecular weight is 442 g/mol. The highest BCUT2D eigenvalue weighted by atomic mass is 16.5. The number of nitrogens with zero attached hydrogens (tertiary/aromatic N) is 5. The van der Waals surface area contributed by atoms with Gasteiger partial charge < -0.3 is 9.47 Å². The molecule has 0 bridgehead atoms. The van der Waals surface area contributed by atoms with Gasteiger partial charge in [-0.3, -0.25) is 19.1 Å². The Bertz CT molecular complexity index is 1090. The van der Waals surface area contributed by atoms with Gasteiger partial charge in [0, 0.05) is 37.9 Å². The lowest BCUT2D eigenvalue weighted by atomic mass is 9.89. The van der Waals surface area contributed by atoms with Crippen molar-refractivity contribution in [2.45, 2.75) is 70.4 Å². The normalized spacial score (nSPS) is 24.0. The Morgan fingerprint density at radius 2 is 2.03 bits per heavy atom. The van der Waals surface area contributed by atoms with Gasteiger partial charge >= 0.3 is 11.1 Å². The van der Waals surface area contributed by atoms with Gasteiger partial charge in [0.1, 0.15) is 12.2 Å². The van der Waals surface area contributed by atoms with Gasteiger partial charge in [0.25, 0.3) is 0 Å². The second-order valence-electron chi connectivity index (χ2n) is 9.40. The van der Waals surface area contributed by atoms with E-state index in [1.54, 1.807) is 17.9 Å². The number of likely N-dealkylation sites (tertiary alicyclic amines) is 1. The second kappa shape index (κ2) is 8.78. The molecule has 1 saturated carbocycles. The zero-order valence-electron chi connectivity index (χ0n) is 18.7.